The monoisotopic (exact) mass is 348 g/mol. The molecular formula is C22H24N2O2. The van der Waals surface area contributed by atoms with E-state index in [9.17, 15) is 9.59 Å². The lowest BCUT2D eigenvalue weighted by Gasteiger charge is -2.27. The highest BCUT2D eigenvalue weighted by Gasteiger charge is 2.59. The van der Waals surface area contributed by atoms with Crippen LogP contribution in [0.1, 0.15) is 36.5 Å². The molecule has 1 atom stereocenters. The van der Waals surface area contributed by atoms with Crippen molar-refractivity contribution in [3.63, 3.8) is 0 Å². The number of anilines is 2. The van der Waals surface area contributed by atoms with E-state index < -0.39 is 5.41 Å². The minimum atomic E-state index is -0.913. The largest absolute Gasteiger partial charge is 0.325 e. The van der Waals surface area contributed by atoms with Crippen molar-refractivity contribution in [2.24, 2.45) is 5.41 Å². The first-order chi connectivity index (χ1) is 12.4. The number of fused-ring (bicyclic) bond motifs is 1. The Kier molecular flexibility index (Phi) is 3.87. The molecule has 0 saturated heterocycles. The van der Waals surface area contributed by atoms with Gasteiger partial charge >= 0.3 is 0 Å². The summed E-state index contributed by atoms with van der Waals surface area (Å²) in [5, 5.41) is 2.98. The van der Waals surface area contributed by atoms with E-state index in [-0.39, 0.29) is 17.9 Å². The second-order valence-electron chi connectivity index (χ2n) is 7.77. The number of nitrogens with zero attached hydrogens (tertiary/aromatic N) is 1. The van der Waals surface area contributed by atoms with Crippen LogP contribution in [0.3, 0.4) is 0 Å². The molecule has 2 amide bonds. The predicted octanol–water partition coefficient (Wildman–Crippen LogP) is 4.00. The van der Waals surface area contributed by atoms with E-state index in [2.05, 4.69) is 24.4 Å². The molecule has 0 radical (unpaired) electrons. The summed E-state index contributed by atoms with van der Waals surface area (Å²) in [5.74, 6) is -0.235. The lowest BCUT2D eigenvalue weighted by Crippen LogP contribution is -2.45. The Bertz CT molecular complexity index is 879. The van der Waals surface area contributed by atoms with Gasteiger partial charge in [-0.15, -0.1) is 0 Å². The maximum absolute atomic E-state index is 13.3. The summed E-state index contributed by atoms with van der Waals surface area (Å²) in [6, 6.07) is 14.0. The number of benzene rings is 2. The SMILES string of the molecule is Cc1cc(C)cc(NC(=O)C2(C(=O)N3c4ccccc4CC3C)CC2)c1. The minimum absolute atomic E-state index is 0.0585. The van der Waals surface area contributed by atoms with Crippen LogP contribution in [0.2, 0.25) is 0 Å². The van der Waals surface area contributed by atoms with E-state index in [0.717, 1.165) is 28.9 Å². The van der Waals surface area contributed by atoms with Crippen LogP contribution in [0.15, 0.2) is 42.5 Å². The second kappa shape index (κ2) is 5.97. The van der Waals surface area contributed by atoms with E-state index in [4.69, 9.17) is 0 Å². The molecule has 1 N–H and O–H groups in total. The zero-order valence-corrected chi connectivity index (χ0v) is 15.5. The first-order valence-corrected chi connectivity index (χ1v) is 9.22. The molecule has 1 aliphatic heterocycles. The van der Waals surface area contributed by atoms with Crippen LogP contribution in [-0.2, 0) is 16.0 Å². The molecule has 26 heavy (non-hydrogen) atoms. The molecule has 1 heterocycles. The lowest BCUT2D eigenvalue weighted by molar-refractivity contribution is -0.132. The number of carbonyl (C=O) groups is 2. The highest BCUT2D eigenvalue weighted by Crippen LogP contribution is 2.50. The molecule has 1 fully saturated rings. The summed E-state index contributed by atoms with van der Waals surface area (Å²) in [6.45, 7) is 6.06. The fraction of sp³-hybridized carbons (Fsp3) is 0.364. The molecule has 0 bridgehead atoms. The standard InChI is InChI=1S/C22H24N2O2/c1-14-10-15(2)12-18(11-14)23-20(25)22(8-9-22)21(26)24-16(3)13-17-6-4-5-7-19(17)24/h4-7,10-12,16H,8-9,13H2,1-3H3,(H,23,25). The Morgan fingerprint density at radius 3 is 2.38 bits per heavy atom. The van der Waals surface area contributed by atoms with Crippen LogP contribution in [-0.4, -0.2) is 17.9 Å². The highest BCUT2D eigenvalue weighted by molar-refractivity contribution is 6.18. The molecule has 1 saturated carbocycles. The van der Waals surface area contributed by atoms with Crippen LogP contribution >= 0.6 is 0 Å². The normalized spacial score (nSPS) is 19.8. The average molecular weight is 348 g/mol. The van der Waals surface area contributed by atoms with Gasteiger partial charge in [-0.3, -0.25) is 9.59 Å². The third-order valence-corrected chi connectivity index (χ3v) is 5.50. The van der Waals surface area contributed by atoms with Crippen LogP contribution < -0.4 is 10.2 Å². The average Bonchev–Trinajstić information content (AvgIpc) is 3.31. The first-order valence-electron chi connectivity index (χ1n) is 9.22. The molecule has 0 aromatic heterocycles. The van der Waals surface area contributed by atoms with E-state index in [1.807, 2.05) is 49.1 Å². The van der Waals surface area contributed by atoms with Gasteiger partial charge in [0.15, 0.2) is 0 Å². The third-order valence-electron chi connectivity index (χ3n) is 5.50. The first kappa shape index (κ1) is 16.8. The van der Waals surface area contributed by atoms with E-state index in [1.165, 1.54) is 5.56 Å². The number of aryl methyl sites for hydroxylation is 2. The van der Waals surface area contributed by atoms with Gasteiger partial charge in [0.05, 0.1) is 0 Å². The van der Waals surface area contributed by atoms with Crippen molar-refractivity contribution >= 4 is 23.2 Å². The number of amides is 2. The topological polar surface area (TPSA) is 49.4 Å². The molecule has 4 rings (SSSR count). The van der Waals surface area contributed by atoms with Gasteiger partial charge in [0.1, 0.15) is 5.41 Å². The molecule has 4 nitrogen and oxygen atoms in total. The van der Waals surface area contributed by atoms with Crippen LogP contribution in [0.4, 0.5) is 11.4 Å². The predicted molar refractivity (Wildman–Crippen MR) is 103 cm³/mol. The highest BCUT2D eigenvalue weighted by atomic mass is 16.2. The van der Waals surface area contributed by atoms with Crippen molar-refractivity contribution in [2.75, 3.05) is 10.2 Å². The Hall–Kier alpha value is -2.62. The van der Waals surface area contributed by atoms with Crippen molar-refractivity contribution in [1.82, 2.24) is 0 Å². The molecule has 1 unspecified atom stereocenters. The summed E-state index contributed by atoms with van der Waals surface area (Å²) in [4.78, 5) is 28.1. The van der Waals surface area contributed by atoms with Crippen LogP contribution in [0.25, 0.3) is 0 Å². The second-order valence-corrected chi connectivity index (χ2v) is 7.77. The Morgan fingerprint density at radius 1 is 1.08 bits per heavy atom. The smallest absolute Gasteiger partial charge is 0.242 e. The quantitative estimate of drug-likeness (QED) is 0.853. The van der Waals surface area contributed by atoms with E-state index in [1.54, 1.807) is 0 Å². The molecule has 134 valence electrons. The lowest BCUT2D eigenvalue weighted by atomic mass is 10.0. The van der Waals surface area contributed by atoms with Gasteiger partial charge in [-0.1, -0.05) is 24.3 Å². The molecule has 2 aliphatic rings. The summed E-state index contributed by atoms with van der Waals surface area (Å²) in [6.07, 6.45) is 2.08. The zero-order chi connectivity index (χ0) is 18.5. The molecule has 0 spiro atoms. The van der Waals surface area contributed by atoms with Gasteiger partial charge in [-0.25, -0.2) is 0 Å². The van der Waals surface area contributed by atoms with Crippen molar-refractivity contribution in [3.05, 3.63) is 59.2 Å². The van der Waals surface area contributed by atoms with Gasteiger partial charge in [0.25, 0.3) is 0 Å². The number of nitrogens with one attached hydrogen (secondary N) is 1. The summed E-state index contributed by atoms with van der Waals surface area (Å²) >= 11 is 0. The van der Waals surface area contributed by atoms with Crippen molar-refractivity contribution in [1.29, 1.82) is 0 Å². The maximum Gasteiger partial charge on any atom is 0.242 e. The Balaban J connectivity index is 1.59. The van der Waals surface area contributed by atoms with Gasteiger partial charge < -0.3 is 10.2 Å². The third kappa shape index (κ3) is 2.70. The van der Waals surface area contributed by atoms with Gasteiger partial charge in [-0.2, -0.15) is 0 Å². The molecule has 4 heteroatoms. The number of rotatable bonds is 3. The van der Waals surface area contributed by atoms with E-state index >= 15 is 0 Å². The Labute approximate surface area is 154 Å². The number of para-hydroxylation sites is 1. The minimum Gasteiger partial charge on any atom is -0.325 e. The number of hydrogen-bond acceptors (Lipinski definition) is 2. The maximum atomic E-state index is 13.3. The van der Waals surface area contributed by atoms with Gasteiger partial charge in [0.2, 0.25) is 11.8 Å². The van der Waals surface area contributed by atoms with Crippen molar-refractivity contribution in [2.45, 2.75) is 46.1 Å². The molecule has 2 aromatic rings. The van der Waals surface area contributed by atoms with Gasteiger partial charge in [0, 0.05) is 17.4 Å². The fourth-order valence-electron chi connectivity index (χ4n) is 4.07. The van der Waals surface area contributed by atoms with Crippen molar-refractivity contribution in [3.8, 4) is 0 Å². The molecule has 2 aromatic carbocycles. The van der Waals surface area contributed by atoms with Crippen LogP contribution in [0.5, 0.6) is 0 Å². The zero-order valence-electron chi connectivity index (χ0n) is 15.5. The van der Waals surface area contributed by atoms with Crippen LogP contribution in [0, 0.1) is 19.3 Å². The molecular weight excluding hydrogens is 324 g/mol. The summed E-state index contributed by atoms with van der Waals surface area (Å²) < 4.78 is 0. The Morgan fingerprint density at radius 2 is 1.73 bits per heavy atom. The number of hydrogen-bond donors (Lipinski definition) is 1. The molecule has 1 aliphatic carbocycles. The van der Waals surface area contributed by atoms with E-state index in [0.29, 0.717) is 12.8 Å². The summed E-state index contributed by atoms with van der Waals surface area (Å²) in [5.41, 5.74) is 4.18. The van der Waals surface area contributed by atoms with Gasteiger partial charge in [-0.05, 0) is 74.9 Å². The van der Waals surface area contributed by atoms with Crippen molar-refractivity contribution < 1.29 is 9.59 Å². The fourth-order valence-corrected chi connectivity index (χ4v) is 4.07. The summed E-state index contributed by atoms with van der Waals surface area (Å²) in [7, 11) is 0. The number of carbonyl (C=O) groups excluding carboxylic acids is 2.